The van der Waals surface area contributed by atoms with E-state index in [0.717, 1.165) is 11.1 Å². The topological polar surface area (TPSA) is 64.3 Å². The standard InChI is InChI=1S/C15H18ClFN2O2/c16-13-6-12-11(8-19-15(12)20)5-14(13)21-9-10(7-18)3-1-2-4-17/h3,5-6H,1-2,4,7-9,18H2,(H,19,20)/b10-3-. The maximum atomic E-state index is 12.1. The van der Waals surface area contributed by atoms with Gasteiger partial charge in [0.25, 0.3) is 5.91 Å². The van der Waals surface area contributed by atoms with Crippen LogP contribution in [0.1, 0.15) is 28.8 Å². The molecule has 0 spiro atoms. The van der Waals surface area contributed by atoms with E-state index in [9.17, 15) is 9.18 Å². The Morgan fingerprint density at radius 3 is 3.05 bits per heavy atom. The van der Waals surface area contributed by atoms with Crippen LogP contribution in [-0.4, -0.2) is 25.7 Å². The molecule has 1 aliphatic heterocycles. The highest BCUT2D eigenvalue weighted by molar-refractivity contribution is 6.32. The van der Waals surface area contributed by atoms with Gasteiger partial charge in [-0.1, -0.05) is 17.7 Å². The van der Waals surface area contributed by atoms with Crippen molar-refractivity contribution in [1.29, 1.82) is 0 Å². The van der Waals surface area contributed by atoms with Gasteiger partial charge in [-0.3, -0.25) is 9.18 Å². The fourth-order valence-electron chi connectivity index (χ4n) is 2.09. The maximum absolute atomic E-state index is 12.1. The van der Waals surface area contributed by atoms with E-state index in [4.69, 9.17) is 22.1 Å². The van der Waals surface area contributed by atoms with Gasteiger partial charge in [0.2, 0.25) is 0 Å². The van der Waals surface area contributed by atoms with Crippen LogP contribution in [0.5, 0.6) is 5.75 Å². The first kappa shape index (κ1) is 15.8. The SMILES string of the molecule is NC/C(=C/CCCF)COc1cc2c(cc1Cl)C(=O)NC2. The summed E-state index contributed by atoms with van der Waals surface area (Å²) in [5, 5.41) is 3.12. The van der Waals surface area contributed by atoms with E-state index in [-0.39, 0.29) is 12.6 Å². The molecule has 114 valence electrons. The van der Waals surface area contributed by atoms with Crippen LogP contribution >= 0.6 is 11.6 Å². The number of rotatable bonds is 7. The van der Waals surface area contributed by atoms with Crippen molar-refractivity contribution in [2.75, 3.05) is 19.8 Å². The van der Waals surface area contributed by atoms with Crippen molar-refractivity contribution in [3.63, 3.8) is 0 Å². The first-order valence-corrected chi connectivity index (χ1v) is 7.21. The Labute approximate surface area is 128 Å². The zero-order chi connectivity index (χ0) is 15.2. The summed E-state index contributed by atoms with van der Waals surface area (Å²) in [6.45, 7) is 0.808. The van der Waals surface area contributed by atoms with Crippen LogP contribution in [0.2, 0.25) is 5.02 Å². The fraction of sp³-hybridized carbons (Fsp3) is 0.400. The average Bonchev–Trinajstić information content (AvgIpc) is 2.83. The molecule has 1 aromatic carbocycles. The van der Waals surface area contributed by atoms with Crippen molar-refractivity contribution < 1.29 is 13.9 Å². The van der Waals surface area contributed by atoms with E-state index in [1.54, 1.807) is 12.1 Å². The van der Waals surface area contributed by atoms with E-state index in [1.807, 2.05) is 6.08 Å². The summed E-state index contributed by atoms with van der Waals surface area (Å²) in [6.07, 6.45) is 3.02. The summed E-state index contributed by atoms with van der Waals surface area (Å²) < 4.78 is 17.7. The predicted octanol–water partition coefficient (Wildman–Crippen LogP) is 2.60. The number of hydrogen-bond donors (Lipinski definition) is 2. The minimum absolute atomic E-state index is 0.118. The number of unbranched alkanes of at least 4 members (excludes halogenated alkanes) is 1. The van der Waals surface area contributed by atoms with Crippen LogP contribution in [0.4, 0.5) is 4.39 Å². The highest BCUT2D eigenvalue weighted by atomic mass is 35.5. The molecular weight excluding hydrogens is 295 g/mol. The lowest BCUT2D eigenvalue weighted by molar-refractivity contribution is 0.0966. The van der Waals surface area contributed by atoms with Gasteiger partial charge in [0.1, 0.15) is 12.4 Å². The van der Waals surface area contributed by atoms with Crippen LogP contribution in [0.3, 0.4) is 0 Å². The first-order valence-electron chi connectivity index (χ1n) is 6.83. The lowest BCUT2D eigenvalue weighted by Gasteiger charge is -2.11. The first-order chi connectivity index (χ1) is 10.2. The Morgan fingerprint density at radius 1 is 1.52 bits per heavy atom. The maximum Gasteiger partial charge on any atom is 0.251 e. The lowest BCUT2D eigenvalue weighted by atomic mass is 10.1. The molecule has 0 radical (unpaired) electrons. The molecule has 0 atom stereocenters. The van der Waals surface area contributed by atoms with E-state index < -0.39 is 0 Å². The quantitative estimate of drug-likeness (QED) is 0.601. The number of benzene rings is 1. The Bertz CT molecular complexity index is 561. The molecule has 1 amide bonds. The van der Waals surface area contributed by atoms with Gasteiger partial charge in [0, 0.05) is 18.7 Å². The fourth-order valence-corrected chi connectivity index (χ4v) is 2.31. The summed E-state index contributed by atoms with van der Waals surface area (Å²) >= 11 is 6.12. The van der Waals surface area contributed by atoms with E-state index >= 15 is 0 Å². The minimum atomic E-state index is -0.340. The van der Waals surface area contributed by atoms with Gasteiger partial charge in [-0.25, -0.2) is 0 Å². The monoisotopic (exact) mass is 312 g/mol. The van der Waals surface area contributed by atoms with Crippen LogP contribution in [0, 0.1) is 0 Å². The Balaban J connectivity index is 2.03. The summed E-state index contributed by atoms with van der Waals surface area (Å²) in [4.78, 5) is 11.5. The Morgan fingerprint density at radius 2 is 2.33 bits per heavy atom. The van der Waals surface area contributed by atoms with Gasteiger partial charge in [-0.15, -0.1) is 0 Å². The van der Waals surface area contributed by atoms with Gasteiger partial charge in [-0.05, 0) is 36.1 Å². The van der Waals surface area contributed by atoms with Crippen molar-refractivity contribution in [3.8, 4) is 5.75 Å². The number of nitrogens with two attached hydrogens (primary N) is 1. The summed E-state index contributed by atoms with van der Waals surface area (Å²) in [6, 6.07) is 3.38. The number of allylic oxidation sites excluding steroid dienone is 1. The second kappa shape index (κ2) is 7.43. The van der Waals surface area contributed by atoms with Crippen molar-refractivity contribution in [2.24, 2.45) is 5.73 Å². The van der Waals surface area contributed by atoms with Crippen LogP contribution in [0.15, 0.2) is 23.8 Å². The molecule has 21 heavy (non-hydrogen) atoms. The highest BCUT2D eigenvalue weighted by Gasteiger charge is 2.21. The van der Waals surface area contributed by atoms with Crippen molar-refractivity contribution in [3.05, 3.63) is 39.9 Å². The summed E-state index contributed by atoms with van der Waals surface area (Å²) in [5.41, 5.74) is 7.99. The van der Waals surface area contributed by atoms with Gasteiger partial charge in [0.05, 0.1) is 11.7 Å². The second-order valence-corrected chi connectivity index (χ2v) is 5.22. The number of fused-ring (bicyclic) bond motifs is 1. The van der Waals surface area contributed by atoms with E-state index in [2.05, 4.69) is 5.32 Å². The molecule has 0 fully saturated rings. The van der Waals surface area contributed by atoms with Crippen molar-refractivity contribution in [2.45, 2.75) is 19.4 Å². The number of halogens is 2. The largest absolute Gasteiger partial charge is 0.488 e. The second-order valence-electron chi connectivity index (χ2n) is 4.81. The number of hydrogen-bond acceptors (Lipinski definition) is 3. The number of carbonyl (C=O) groups excluding carboxylic acids is 1. The zero-order valence-corrected chi connectivity index (χ0v) is 12.4. The molecule has 0 aromatic heterocycles. The average molecular weight is 313 g/mol. The van der Waals surface area contributed by atoms with Crippen molar-refractivity contribution >= 4 is 17.5 Å². The normalized spacial score (nSPS) is 14.0. The smallest absolute Gasteiger partial charge is 0.251 e. The molecule has 4 nitrogen and oxygen atoms in total. The Hall–Kier alpha value is -1.59. The molecule has 2 rings (SSSR count). The number of carbonyl (C=O) groups is 1. The molecule has 1 heterocycles. The molecule has 0 unspecified atom stereocenters. The molecular formula is C15H18ClFN2O2. The molecule has 0 bridgehead atoms. The molecule has 0 saturated carbocycles. The molecule has 0 saturated heterocycles. The van der Waals surface area contributed by atoms with Crippen LogP contribution in [0.25, 0.3) is 0 Å². The summed E-state index contributed by atoms with van der Waals surface area (Å²) in [7, 11) is 0. The molecule has 1 aromatic rings. The van der Waals surface area contributed by atoms with E-state index in [1.165, 1.54) is 0 Å². The van der Waals surface area contributed by atoms with Crippen LogP contribution < -0.4 is 15.8 Å². The lowest BCUT2D eigenvalue weighted by Crippen LogP contribution is -2.12. The third kappa shape index (κ3) is 3.95. The number of ether oxygens (including phenoxy) is 1. The third-order valence-electron chi connectivity index (χ3n) is 3.29. The molecule has 3 N–H and O–H groups in total. The van der Waals surface area contributed by atoms with E-state index in [0.29, 0.717) is 48.9 Å². The zero-order valence-electron chi connectivity index (χ0n) is 11.6. The predicted molar refractivity (Wildman–Crippen MR) is 80.5 cm³/mol. The Kier molecular flexibility index (Phi) is 5.59. The van der Waals surface area contributed by atoms with Gasteiger partial charge in [0.15, 0.2) is 0 Å². The van der Waals surface area contributed by atoms with Crippen LogP contribution in [-0.2, 0) is 6.54 Å². The molecule has 6 heteroatoms. The van der Waals surface area contributed by atoms with Gasteiger partial charge >= 0.3 is 0 Å². The van der Waals surface area contributed by atoms with Gasteiger partial charge < -0.3 is 15.8 Å². The summed E-state index contributed by atoms with van der Waals surface area (Å²) in [5.74, 6) is 0.406. The van der Waals surface area contributed by atoms with Gasteiger partial charge in [-0.2, -0.15) is 0 Å². The highest BCUT2D eigenvalue weighted by Crippen LogP contribution is 2.30. The number of amides is 1. The minimum Gasteiger partial charge on any atom is -0.488 e. The number of alkyl halides is 1. The molecule has 0 aliphatic carbocycles. The van der Waals surface area contributed by atoms with Crippen molar-refractivity contribution in [1.82, 2.24) is 5.32 Å². The number of nitrogens with one attached hydrogen (secondary N) is 1. The third-order valence-corrected chi connectivity index (χ3v) is 3.58. The molecule has 1 aliphatic rings.